The molecule has 138 valence electrons. The second kappa shape index (κ2) is 8.09. The summed E-state index contributed by atoms with van der Waals surface area (Å²) < 4.78 is 25.4. The van der Waals surface area contributed by atoms with Crippen molar-refractivity contribution in [1.82, 2.24) is 15.2 Å². The lowest BCUT2D eigenvalue weighted by Gasteiger charge is -2.17. The molecule has 8 nitrogen and oxygen atoms in total. The lowest BCUT2D eigenvalue weighted by molar-refractivity contribution is -0.120. The van der Waals surface area contributed by atoms with Gasteiger partial charge in [-0.2, -0.15) is 0 Å². The number of benzene rings is 2. The summed E-state index contributed by atoms with van der Waals surface area (Å²) in [5, 5.41) is 0. The summed E-state index contributed by atoms with van der Waals surface area (Å²) in [5.74, 6) is -1.26. The average Bonchev–Trinajstić information content (AvgIpc) is 2.62. The lowest BCUT2D eigenvalue weighted by Crippen LogP contribution is -2.45. The Bertz CT molecular complexity index is 898. The molecule has 0 aromatic heterocycles. The van der Waals surface area contributed by atoms with E-state index in [2.05, 4.69) is 10.9 Å². The Labute approximate surface area is 152 Å². The molecule has 0 aliphatic carbocycles. The van der Waals surface area contributed by atoms with Crippen LogP contribution >= 0.6 is 0 Å². The van der Waals surface area contributed by atoms with Crippen LogP contribution in [0.3, 0.4) is 0 Å². The van der Waals surface area contributed by atoms with Crippen LogP contribution in [0.25, 0.3) is 0 Å². The van der Waals surface area contributed by atoms with Crippen LogP contribution in [0.15, 0.2) is 59.5 Å². The van der Waals surface area contributed by atoms with Gasteiger partial charge in [0.1, 0.15) is 6.04 Å². The van der Waals surface area contributed by atoms with E-state index in [1.807, 2.05) is 0 Å². The van der Waals surface area contributed by atoms with Crippen LogP contribution < -0.4 is 16.6 Å². The third kappa shape index (κ3) is 4.45. The van der Waals surface area contributed by atoms with Crippen molar-refractivity contribution in [3.05, 3.63) is 65.7 Å². The van der Waals surface area contributed by atoms with Gasteiger partial charge in [0.05, 0.1) is 4.90 Å². The molecular weight excluding hydrogens is 356 g/mol. The normalized spacial score (nSPS) is 12.6. The highest BCUT2D eigenvalue weighted by Crippen LogP contribution is 2.15. The molecule has 4 N–H and O–H groups in total. The van der Waals surface area contributed by atoms with Crippen LogP contribution in [-0.4, -0.2) is 38.6 Å². The molecule has 0 saturated carbocycles. The maximum atomic E-state index is 12.3. The minimum absolute atomic E-state index is 0.00957. The fourth-order valence-corrected chi connectivity index (χ4v) is 3.13. The first-order valence-corrected chi connectivity index (χ1v) is 9.10. The molecular formula is C17H20N4O4S. The van der Waals surface area contributed by atoms with Gasteiger partial charge in [-0.05, 0) is 23.8 Å². The molecule has 0 heterocycles. The first-order valence-electron chi connectivity index (χ1n) is 7.66. The number of nitrogens with one attached hydrogen (secondary N) is 2. The van der Waals surface area contributed by atoms with Gasteiger partial charge in [-0.1, -0.05) is 36.4 Å². The Morgan fingerprint density at radius 1 is 1.04 bits per heavy atom. The van der Waals surface area contributed by atoms with Crippen molar-refractivity contribution in [2.24, 2.45) is 5.73 Å². The standard InChI is InChI=1S/C17H20N4O4S/c1-21(2)26(24,25)14-10-6-9-13(11-14)17(23)20-19-15(16(18)22)12-7-4-3-5-8-12/h3-11,15,19H,1-2H3,(H2,18,22)(H,20,23). The molecule has 0 spiro atoms. The summed E-state index contributed by atoms with van der Waals surface area (Å²) in [6.07, 6.45) is 0. The number of primary amides is 1. The number of nitrogens with two attached hydrogens (primary N) is 1. The second-order valence-electron chi connectivity index (χ2n) is 5.66. The van der Waals surface area contributed by atoms with Crippen molar-refractivity contribution in [3.8, 4) is 0 Å². The van der Waals surface area contributed by atoms with Gasteiger partial charge in [0, 0.05) is 19.7 Å². The van der Waals surface area contributed by atoms with Crippen molar-refractivity contribution in [3.63, 3.8) is 0 Å². The number of amides is 2. The molecule has 2 rings (SSSR count). The SMILES string of the molecule is CN(C)S(=O)(=O)c1cccc(C(=O)NNC(C(N)=O)c2ccccc2)c1. The maximum Gasteiger partial charge on any atom is 0.265 e. The molecule has 0 aliphatic heterocycles. The Kier molecular flexibility index (Phi) is 6.09. The van der Waals surface area contributed by atoms with E-state index in [-0.39, 0.29) is 10.5 Å². The zero-order chi connectivity index (χ0) is 19.3. The number of carbonyl (C=O) groups excluding carboxylic acids is 2. The third-order valence-corrected chi connectivity index (χ3v) is 5.43. The van der Waals surface area contributed by atoms with Crippen LogP contribution in [0, 0.1) is 0 Å². The highest BCUT2D eigenvalue weighted by Gasteiger charge is 2.21. The molecule has 0 saturated heterocycles. The van der Waals surface area contributed by atoms with E-state index >= 15 is 0 Å². The minimum atomic E-state index is -3.66. The number of carbonyl (C=O) groups is 2. The lowest BCUT2D eigenvalue weighted by atomic mass is 10.1. The van der Waals surface area contributed by atoms with Gasteiger partial charge in [0.2, 0.25) is 15.9 Å². The third-order valence-electron chi connectivity index (χ3n) is 3.62. The number of rotatable bonds is 7. The first kappa shape index (κ1) is 19.6. The molecule has 2 aromatic rings. The molecule has 2 aromatic carbocycles. The fraction of sp³-hybridized carbons (Fsp3) is 0.176. The Balaban J connectivity index is 2.16. The van der Waals surface area contributed by atoms with Crippen LogP contribution in [0.2, 0.25) is 0 Å². The molecule has 26 heavy (non-hydrogen) atoms. The largest absolute Gasteiger partial charge is 0.368 e. The van der Waals surface area contributed by atoms with Gasteiger partial charge in [-0.25, -0.2) is 18.1 Å². The van der Waals surface area contributed by atoms with E-state index in [4.69, 9.17) is 5.73 Å². The van der Waals surface area contributed by atoms with E-state index in [1.54, 1.807) is 30.3 Å². The van der Waals surface area contributed by atoms with E-state index in [0.29, 0.717) is 5.56 Å². The zero-order valence-corrected chi connectivity index (χ0v) is 15.2. The molecule has 0 bridgehead atoms. The van der Waals surface area contributed by atoms with Crippen molar-refractivity contribution in [2.45, 2.75) is 10.9 Å². The molecule has 0 aliphatic rings. The smallest absolute Gasteiger partial charge is 0.265 e. The summed E-state index contributed by atoms with van der Waals surface area (Å²) in [7, 11) is -0.854. The predicted molar refractivity (Wildman–Crippen MR) is 96.3 cm³/mol. The number of hydrogen-bond acceptors (Lipinski definition) is 5. The van der Waals surface area contributed by atoms with Crippen molar-refractivity contribution >= 4 is 21.8 Å². The molecule has 2 amide bonds. The van der Waals surface area contributed by atoms with Gasteiger partial charge < -0.3 is 5.73 Å². The van der Waals surface area contributed by atoms with Crippen LogP contribution in [-0.2, 0) is 14.8 Å². The molecule has 0 fully saturated rings. The molecule has 1 unspecified atom stereocenters. The van der Waals surface area contributed by atoms with E-state index in [9.17, 15) is 18.0 Å². The summed E-state index contributed by atoms with van der Waals surface area (Å²) in [6, 6.07) is 13.3. The van der Waals surface area contributed by atoms with Gasteiger partial charge in [-0.3, -0.25) is 15.0 Å². The monoisotopic (exact) mass is 376 g/mol. The van der Waals surface area contributed by atoms with Gasteiger partial charge in [0.25, 0.3) is 5.91 Å². The topological polar surface area (TPSA) is 122 Å². The van der Waals surface area contributed by atoms with Gasteiger partial charge in [0.15, 0.2) is 0 Å². The second-order valence-corrected chi connectivity index (χ2v) is 7.81. The molecule has 1 atom stereocenters. The summed E-state index contributed by atoms with van der Waals surface area (Å²) >= 11 is 0. The van der Waals surface area contributed by atoms with E-state index in [1.165, 1.54) is 38.4 Å². The fourth-order valence-electron chi connectivity index (χ4n) is 2.18. The Morgan fingerprint density at radius 2 is 1.69 bits per heavy atom. The van der Waals surface area contributed by atoms with Gasteiger partial charge >= 0.3 is 0 Å². The number of hydrazine groups is 1. The highest BCUT2D eigenvalue weighted by molar-refractivity contribution is 7.89. The minimum Gasteiger partial charge on any atom is -0.368 e. The number of sulfonamides is 1. The predicted octanol–water partition coefficient (Wildman–Crippen LogP) is 0.398. The number of nitrogens with zero attached hydrogens (tertiary/aromatic N) is 1. The Morgan fingerprint density at radius 3 is 2.27 bits per heavy atom. The van der Waals surface area contributed by atoms with E-state index < -0.39 is 27.9 Å². The van der Waals surface area contributed by atoms with Gasteiger partial charge in [-0.15, -0.1) is 0 Å². The van der Waals surface area contributed by atoms with Crippen molar-refractivity contribution in [1.29, 1.82) is 0 Å². The summed E-state index contributed by atoms with van der Waals surface area (Å²) in [5.41, 5.74) is 11.0. The highest BCUT2D eigenvalue weighted by atomic mass is 32.2. The first-order chi connectivity index (χ1) is 12.2. The maximum absolute atomic E-state index is 12.3. The average molecular weight is 376 g/mol. The summed E-state index contributed by atoms with van der Waals surface area (Å²) in [6.45, 7) is 0. The summed E-state index contributed by atoms with van der Waals surface area (Å²) in [4.78, 5) is 23.9. The van der Waals surface area contributed by atoms with Crippen LogP contribution in [0.1, 0.15) is 22.0 Å². The van der Waals surface area contributed by atoms with Crippen LogP contribution in [0.5, 0.6) is 0 Å². The zero-order valence-electron chi connectivity index (χ0n) is 14.3. The van der Waals surface area contributed by atoms with Crippen molar-refractivity contribution in [2.75, 3.05) is 14.1 Å². The Hall–Kier alpha value is -2.75. The molecule has 9 heteroatoms. The van der Waals surface area contributed by atoms with Crippen LogP contribution in [0.4, 0.5) is 0 Å². The van der Waals surface area contributed by atoms with Crippen molar-refractivity contribution < 1.29 is 18.0 Å². The number of hydrogen-bond donors (Lipinski definition) is 3. The van der Waals surface area contributed by atoms with E-state index in [0.717, 1.165) is 4.31 Å². The quantitative estimate of drug-likeness (QED) is 0.604. The molecule has 0 radical (unpaired) electrons.